The Morgan fingerprint density at radius 2 is 2.43 bits per heavy atom. The van der Waals surface area contributed by atoms with E-state index < -0.39 is 5.97 Å². The van der Waals surface area contributed by atoms with Crippen LogP contribution in [-0.2, 0) is 16.0 Å². The molecule has 14 heavy (non-hydrogen) atoms. The second kappa shape index (κ2) is 4.61. The van der Waals surface area contributed by atoms with Crippen molar-refractivity contribution in [3.05, 3.63) is 32.7 Å². The van der Waals surface area contributed by atoms with Gasteiger partial charge in [-0.05, 0) is 33.6 Å². The fraction of sp³-hybridized carbons (Fsp3) is 0.250. The standard InChI is InChI=1S/C8H7BrClNO3/c1-14-7(12)3-5-2-6(9)8(10)11(13)4-5/h2,4H,3H2,1H3. The molecule has 1 aromatic heterocycles. The Labute approximate surface area is 94.2 Å². The van der Waals surface area contributed by atoms with E-state index >= 15 is 0 Å². The minimum atomic E-state index is -0.403. The number of hydrogen-bond donors (Lipinski definition) is 0. The van der Waals surface area contributed by atoms with Gasteiger partial charge in [0.25, 0.3) is 0 Å². The Morgan fingerprint density at radius 3 is 2.93 bits per heavy atom. The molecule has 0 aliphatic heterocycles. The van der Waals surface area contributed by atoms with Crippen LogP contribution in [0.2, 0.25) is 5.15 Å². The van der Waals surface area contributed by atoms with E-state index in [2.05, 4.69) is 20.7 Å². The van der Waals surface area contributed by atoms with Gasteiger partial charge in [0.2, 0.25) is 0 Å². The van der Waals surface area contributed by atoms with Crippen molar-refractivity contribution in [1.82, 2.24) is 0 Å². The van der Waals surface area contributed by atoms with Crippen molar-refractivity contribution in [2.24, 2.45) is 0 Å². The van der Waals surface area contributed by atoms with Crippen molar-refractivity contribution in [2.45, 2.75) is 6.42 Å². The van der Waals surface area contributed by atoms with Crippen LogP contribution in [0.15, 0.2) is 16.7 Å². The van der Waals surface area contributed by atoms with Crippen molar-refractivity contribution >= 4 is 33.5 Å². The molecule has 4 nitrogen and oxygen atoms in total. The SMILES string of the molecule is COC(=O)Cc1cc(Br)c(Cl)[n+]([O-])c1. The molecular weight excluding hydrogens is 273 g/mol. The smallest absolute Gasteiger partial charge is 0.310 e. The van der Waals surface area contributed by atoms with Crippen LogP contribution in [-0.4, -0.2) is 13.1 Å². The average Bonchev–Trinajstić information content (AvgIpc) is 2.14. The molecule has 0 aromatic carbocycles. The Morgan fingerprint density at radius 1 is 1.79 bits per heavy atom. The third-order valence-electron chi connectivity index (χ3n) is 1.56. The molecule has 1 heterocycles. The molecule has 0 radical (unpaired) electrons. The summed E-state index contributed by atoms with van der Waals surface area (Å²) < 4.78 is 5.41. The molecule has 1 aromatic rings. The topological polar surface area (TPSA) is 53.2 Å². The normalized spacial score (nSPS) is 9.93. The Bertz CT molecular complexity index is 347. The summed E-state index contributed by atoms with van der Waals surface area (Å²) in [6.07, 6.45) is 1.29. The number of carbonyl (C=O) groups excluding carboxylic acids is 1. The molecule has 1 rings (SSSR count). The van der Waals surface area contributed by atoms with Crippen molar-refractivity contribution in [3.63, 3.8) is 0 Å². The van der Waals surface area contributed by atoms with E-state index in [0.29, 0.717) is 14.8 Å². The van der Waals surface area contributed by atoms with Gasteiger partial charge in [-0.25, -0.2) is 0 Å². The number of hydrogen-bond acceptors (Lipinski definition) is 3. The fourth-order valence-electron chi connectivity index (χ4n) is 0.908. The molecule has 0 fully saturated rings. The van der Waals surface area contributed by atoms with Crippen molar-refractivity contribution < 1.29 is 14.3 Å². The summed E-state index contributed by atoms with van der Waals surface area (Å²) in [5.74, 6) is -0.403. The summed E-state index contributed by atoms with van der Waals surface area (Å²) in [4.78, 5) is 10.9. The summed E-state index contributed by atoms with van der Waals surface area (Å²) in [5.41, 5.74) is 0.545. The van der Waals surface area contributed by atoms with Crippen LogP contribution in [0.1, 0.15) is 5.56 Å². The summed E-state index contributed by atoms with van der Waals surface area (Å²) in [7, 11) is 1.29. The molecule has 0 aliphatic rings. The predicted molar refractivity (Wildman–Crippen MR) is 53.8 cm³/mol. The molecule has 0 saturated heterocycles. The van der Waals surface area contributed by atoms with Gasteiger partial charge >= 0.3 is 11.1 Å². The van der Waals surface area contributed by atoms with Crippen molar-refractivity contribution in [3.8, 4) is 0 Å². The van der Waals surface area contributed by atoms with Crippen LogP contribution in [0.3, 0.4) is 0 Å². The van der Waals surface area contributed by atoms with E-state index in [1.54, 1.807) is 6.07 Å². The van der Waals surface area contributed by atoms with Crippen LogP contribution in [0.25, 0.3) is 0 Å². The van der Waals surface area contributed by atoms with Gasteiger partial charge in [0, 0.05) is 5.56 Å². The molecule has 0 spiro atoms. The first kappa shape index (κ1) is 11.3. The fourth-order valence-corrected chi connectivity index (χ4v) is 1.48. The minimum absolute atomic E-state index is 0.0404. The lowest BCUT2D eigenvalue weighted by Crippen LogP contribution is -2.28. The number of ether oxygens (including phenoxy) is 1. The second-order valence-corrected chi connectivity index (χ2v) is 3.78. The van der Waals surface area contributed by atoms with E-state index in [4.69, 9.17) is 11.6 Å². The summed E-state index contributed by atoms with van der Waals surface area (Å²) in [6.45, 7) is 0. The number of halogens is 2. The summed E-state index contributed by atoms with van der Waals surface area (Å²) in [6, 6.07) is 1.60. The number of nitrogens with zero attached hydrogens (tertiary/aromatic N) is 1. The zero-order valence-electron chi connectivity index (χ0n) is 7.29. The third-order valence-corrected chi connectivity index (χ3v) is 2.76. The molecule has 0 unspecified atom stereocenters. The van der Waals surface area contributed by atoms with E-state index in [0.717, 1.165) is 0 Å². The lowest BCUT2D eigenvalue weighted by molar-refractivity contribution is -0.604. The average molecular weight is 281 g/mol. The maximum Gasteiger partial charge on any atom is 0.310 e. The molecule has 0 atom stereocenters. The van der Waals surface area contributed by atoms with Crippen LogP contribution < -0.4 is 4.73 Å². The molecule has 6 heteroatoms. The first-order chi connectivity index (χ1) is 6.54. The van der Waals surface area contributed by atoms with E-state index in [-0.39, 0.29) is 11.6 Å². The molecule has 0 saturated carbocycles. The van der Waals surface area contributed by atoms with Crippen molar-refractivity contribution in [1.29, 1.82) is 0 Å². The predicted octanol–water partition coefficient (Wildman–Crippen LogP) is 1.45. The minimum Gasteiger partial charge on any atom is -0.618 e. The van der Waals surface area contributed by atoms with E-state index in [9.17, 15) is 10.0 Å². The number of methoxy groups -OCH3 is 1. The maximum absolute atomic E-state index is 11.1. The maximum atomic E-state index is 11.1. The monoisotopic (exact) mass is 279 g/mol. The highest BCUT2D eigenvalue weighted by Crippen LogP contribution is 2.19. The van der Waals surface area contributed by atoms with Crippen LogP contribution in [0.4, 0.5) is 0 Å². The van der Waals surface area contributed by atoms with Gasteiger partial charge in [-0.3, -0.25) is 4.79 Å². The Balaban J connectivity index is 2.95. The zero-order chi connectivity index (χ0) is 10.7. The van der Waals surface area contributed by atoms with Gasteiger partial charge in [-0.2, -0.15) is 4.73 Å². The molecule has 76 valence electrons. The molecular formula is C8H7BrClNO3. The Hall–Kier alpha value is -0.810. The van der Waals surface area contributed by atoms with Crippen LogP contribution >= 0.6 is 27.5 Å². The number of esters is 1. The molecule has 0 aliphatic carbocycles. The van der Waals surface area contributed by atoms with Crippen LogP contribution in [0, 0.1) is 5.21 Å². The van der Waals surface area contributed by atoms with Gasteiger partial charge in [0.15, 0.2) is 6.20 Å². The first-order valence-corrected chi connectivity index (χ1v) is 4.85. The van der Waals surface area contributed by atoms with Gasteiger partial charge in [-0.1, -0.05) is 0 Å². The van der Waals surface area contributed by atoms with Gasteiger partial charge in [0.05, 0.1) is 13.5 Å². The van der Waals surface area contributed by atoms with Gasteiger partial charge < -0.3 is 9.94 Å². The number of rotatable bonds is 2. The molecule has 0 bridgehead atoms. The summed E-state index contributed by atoms with van der Waals surface area (Å²) >= 11 is 8.71. The second-order valence-electron chi connectivity index (χ2n) is 2.57. The highest BCUT2D eigenvalue weighted by atomic mass is 79.9. The number of pyridine rings is 1. The third kappa shape index (κ3) is 2.59. The van der Waals surface area contributed by atoms with E-state index in [1.165, 1.54) is 13.3 Å². The van der Waals surface area contributed by atoms with Gasteiger partial charge in [0.1, 0.15) is 4.47 Å². The first-order valence-electron chi connectivity index (χ1n) is 3.68. The number of carbonyl (C=O) groups is 1. The van der Waals surface area contributed by atoms with E-state index in [1.807, 2.05) is 0 Å². The zero-order valence-corrected chi connectivity index (χ0v) is 9.63. The largest absolute Gasteiger partial charge is 0.618 e. The van der Waals surface area contributed by atoms with Gasteiger partial charge in [-0.15, -0.1) is 0 Å². The lowest BCUT2D eigenvalue weighted by Gasteiger charge is -2.03. The quantitative estimate of drug-likeness (QED) is 0.357. The summed E-state index contributed by atoms with van der Waals surface area (Å²) in [5, 5.41) is 11.2. The molecule has 0 amide bonds. The highest BCUT2D eigenvalue weighted by Gasteiger charge is 2.12. The Kier molecular flexibility index (Phi) is 3.71. The molecule has 0 N–H and O–H groups in total. The number of aromatic nitrogens is 1. The highest BCUT2D eigenvalue weighted by molar-refractivity contribution is 9.10. The lowest BCUT2D eigenvalue weighted by atomic mass is 10.2. The van der Waals surface area contributed by atoms with Crippen molar-refractivity contribution in [2.75, 3.05) is 7.11 Å². The van der Waals surface area contributed by atoms with Crippen LogP contribution in [0.5, 0.6) is 0 Å².